The maximum absolute atomic E-state index is 13.6. The molecule has 0 aromatic heterocycles. The first-order valence-corrected chi connectivity index (χ1v) is 11.7. The lowest BCUT2D eigenvalue weighted by molar-refractivity contribution is -0.144. The van der Waals surface area contributed by atoms with Crippen molar-refractivity contribution >= 4 is 23.4 Å². The van der Waals surface area contributed by atoms with Crippen LogP contribution in [0.5, 0.6) is 11.5 Å². The van der Waals surface area contributed by atoms with Gasteiger partial charge in [0.05, 0.1) is 17.8 Å². The van der Waals surface area contributed by atoms with Crippen LogP contribution in [0.15, 0.2) is 66.7 Å². The molecule has 3 aliphatic rings. The van der Waals surface area contributed by atoms with Gasteiger partial charge in [-0.2, -0.15) is 0 Å². The zero-order valence-electron chi connectivity index (χ0n) is 19.2. The molecule has 0 radical (unpaired) electrons. The van der Waals surface area contributed by atoms with Gasteiger partial charge in [0.1, 0.15) is 6.04 Å². The number of rotatable bonds is 3. The van der Waals surface area contributed by atoms with Crippen molar-refractivity contribution in [2.75, 3.05) is 31.7 Å². The van der Waals surface area contributed by atoms with Crippen LogP contribution in [0, 0.1) is 0 Å². The Bertz CT molecular complexity index is 1380. The average Bonchev–Trinajstić information content (AvgIpc) is 3.36. The number of benzene rings is 3. The van der Waals surface area contributed by atoms with Crippen LogP contribution in [-0.2, 0) is 9.59 Å². The summed E-state index contributed by atoms with van der Waals surface area (Å²) in [5.74, 6) is 0.161. The molecule has 3 amide bonds. The van der Waals surface area contributed by atoms with Gasteiger partial charge in [-0.3, -0.25) is 14.4 Å². The Morgan fingerprint density at radius 1 is 0.944 bits per heavy atom. The highest BCUT2D eigenvalue weighted by Gasteiger charge is 2.41. The van der Waals surface area contributed by atoms with Crippen molar-refractivity contribution in [3.8, 4) is 22.6 Å². The number of fused-ring (bicyclic) bond motifs is 3. The summed E-state index contributed by atoms with van der Waals surface area (Å²) < 4.78 is 10.8. The second-order valence-corrected chi connectivity index (χ2v) is 8.93. The maximum Gasteiger partial charge on any atom is 0.256 e. The Labute approximate surface area is 206 Å². The standard InChI is InChI=1S/C27H23N3O6/c31-24(16-4-2-1-3-5-16)27(34)29-10-11-30-21(14-29)25(32)28-20-8-6-17(12-19(20)26(30)33)18-7-9-22-23(13-18)36-15-35-22/h1-9,12-13,21,24,31H,10-11,14-15H2,(H,28,32)/t21-,24+/m1/s1. The lowest BCUT2D eigenvalue weighted by atomic mass is 10.0. The highest BCUT2D eigenvalue weighted by Crippen LogP contribution is 2.37. The van der Waals surface area contributed by atoms with Crippen LogP contribution in [0.1, 0.15) is 22.0 Å². The number of piperazine rings is 1. The molecule has 1 saturated heterocycles. The van der Waals surface area contributed by atoms with E-state index in [-0.39, 0.29) is 38.2 Å². The van der Waals surface area contributed by atoms with Gasteiger partial charge in [-0.1, -0.05) is 42.5 Å². The normalized spacial score (nSPS) is 19.2. The first-order chi connectivity index (χ1) is 17.5. The Morgan fingerprint density at radius 3 is 2.53 bits per heavy atom. The summed E-state index contributed by atoms with van der Waals surface area (Å²) in [6.45, 7) is 0.572. The van der Waals surface area contributed by atoms with Gasteiger partial charge >= 0.3 is 0 Å². The Hall–Kier alpha value is -4.37. The zero-order valence-corrected chi connectivity index (χ0v) is 19.2. The largest absolute Gasteiger partial charge is 0.454 e. The van der Waals surface area contributed by atoms with Gasteiger partial charge in [0.25, 0.3) is 11.8 Å². The molecule has 3 aromatic carbocycles. The SMILES string of the molecule is O=C1Nc2ccc(-c3ccc4c(c3)OCO4)cc2C(=O)N2CCN(C(=O)[C@@H](O)c3ccccc3)C[C@H]12. The second-order valence-electron chi connectivity index (χ2n) is 8.93. The smallest absolute Gasteiger partial charge is 0.256 e. The molecule has 36 heavy (non-hydrogen) atoms. The van der Waals surface area contributed by atoms with E-state index in [0.29, 0.717) is 28.3 Å². The van der Waals surface area contributed by atoms with Crippen molar-refractivity contribution < 1.29 is 29.0 Å². The van der Waals surface area contributed by atoms with Crippen molar-refractivity contribution in [3.63, 3.8) is 0 Å². The molecule has 3 aliphatic heterocycles. The van der Waals surface area contributed by atoms with Crippen molar-refractivity contribution in [2.45, 2.75) is 12.1 Å². The molecule has 0 unspecified atom stereocenters. The highest BCUT2D eigenvalue weighted by atomic mass is 16.7. The molecule has 0 bridgehead atoms. The second kappa shape index (κ2) is 8.69. The third-order valence-corrected chi connectivity index (χ3v) is 6.82. The quantitative estimate of drug-likeness (QED) is 0.590. The fourth-order valence-electron chi connectivity index (χ4n) is 4.86. The van der Waals surface area contributed by atoms with E-state index in [1.165, 1.54) is 9.80 Å². The number of amides is 3. The highest BCUT2D eigenvalue weighted by molar-refractivity contribution is 6.11. The van der Waals surface area contributed by atoms with Gasteiger partial charge in [0, 0.05) is 13.1 Å². The number of anilines is 1. The molecular weight excluding hydrogens is 462 g/mol. The number of ether oxygens (including phenoxy) is 2. The molecular formula is C27H23N3O6. The topological polar surface area (TPSA) is 108 Å². The third kappa shape index (κ3) is 3.74. The van der Waals surface area contributed by atoms with E-state index in [0.717, 1.165) is 11.1 Å². The lowest BCUT2D eigenvalue weighted by Gasteiger charge is -2.40. The van der Waals surface area contributed by atoms with Gasteiger partial charge in [-0.25, -0.2) is 0 Å². The number of hydrogen-bond donors (Lipinski definition) is 2. The van der Waals surface area contributed by atoms with E-state index in [2.05, 4.69) is 5.32 Å². The molecule has 2 atom stereocenters. The molecule has 3 heterocycles. The summed E-state index contributed by atoms with van der Waals surface area (Å²) in [6, 6.07) is 18.7. The Kier molecular flexibility index (Phi) is 5.34. The lowest BCUT2D eigenvalue weighted by Crippen LogP contribution is -2.60. The van der Waals surface area contributed by atoms with Crippen molar-refractivity contribution in [1.82, 2.24) is 9.80 Å². The summed E-state index contributed by atoms with van der Waals surface area (Å²) in [5.41, 5.74) is 2.94. The van der Waals surface area contributed by atoms with E-state index in [9.17, 15) is 19.5 Å². The van der Waals surface area contributed by atoms with Crippen LogP contribution in [0.3, 0.4) is 0 Å². The van der Waals surface area contributed by atoms with Crippen LogP contribution in [0.25, 0.3) is 11.1 Å². The number of aliphatic hydroxyl groups is 1. The van der Waals surface area contributed by atoms with Gasteiger partial charge in [0.15, 0.2) is 17.6 Å². The monoisotopic (exact) mass is 485 g/mol. The molecule has 6 rings (SSSR count). The van der Waals surface area contributed by atoms with Gasteiger partial charge in [-0.05, 0) is 41.0 Å². The molecule has 0 saturated carbocycles. The number of aliphatic hydroxyl groups excluding tert-OH is 1. The number of carbonyl (C=O) groups is 3. The summed E-state index contributed by atoms with van der Waals surface area (Å²) in [5, 5.41) is 13.4. The van der Waals surface area contributed by atoms with Gasteiger partial charge in [-0.15, -0.1) is 0 Å². The van der Waals surface area contributed by atoms with Gasteiger partial charge in [0.2, 0.25) is 12.7 Å². The van der Waals surface area contributed by atoms with Crippen LogP contribution in [0.2, 0.25) is 0 Å². The van der Waals surface area contributed by atoms with Crippen molar-refractivity contribution in [1.29, 1.82) is 0 Å². The van der Waals surface area contributed by atoms with Crippen molar-refractivity contribution in [2.24, 2.45) is 0 Å². The summed E-state index contributed by atoms with van der Waals surface area (Å²) in [4.78, 5) is 42.6. The summed E-state index contributed by atoms with van der Waals surface area (Å²) in [7, 11) is 0. The first kappa shape index (κ1) is 22.1. The molecule has 9 nitrogen and oxygen atoms in total. The summed E-state index contributed by atoms with van der Waals surface area (Å²) >= 11 is 0. The third-order valence-electron chi connectivity index (χ3n) is 6.82. The molecule has 9 heteroatoms. The van der Waals surface area contributed by atoms with Crippen LogP contribution in [-0.4, -0.2) is 65.1 Å². The molecule has 182 valence electrons. The van der Waals surface area contributed by atoms with Crippen LogP contribution < -0.4 is 14.8 Å². The Morgan fingerprint density at radius 2 is 1.69 bits per heavy atom. The average molecular weight is 485 g/mol. The number of hydrogen-bond acceptors (Lipinski definition) is 6. The number of nitrogens with one attached hydrogen (secondary N) is 1. The Balaban J connectivity index is 1.25. The summed E-state index contributed by atoms with van der Waals surface area (Å²) in [6.07, 6.45) is -1.33. The fourth-order valence-corrected chi connectivity index (χ4v) is 4.86. The number of nitrogens with zero attached hydrogens (tertiary/aromatic N) is 2. The van der Waals surface area contributed by atoms with E-state index in [4.69, 9.17) is 9.47 Å². The van der Waals surface area contributed by atoms with E-state index < -0.39 is 18.1 Å². The molecule has 3 aromatic rings. The minimum absolute atomic E-state index is 0.00328. The predicted molar refractivity (Wildman–Crippen MR) is 129 cm³/mol. The predicted octanol–water partition coefficient (Wildman–Crippen LogP) is 2.42. The fraction of sp³-hybridized carbons (Fsp3) is 0.222. The zero-order chi connectivity index (χ0) is 24.8. The first-order valence-electron chi connectivity index (χ1n) is 11.7. The number of carbonyl (C=O) groups excluding carboxylic acids is 3. The van der Waals surface area contributed by atoms with Crippen LogP contribution in [0.4, 0.5) is 5.69 Å². The van der Waals surface area contributed by atoms with E-state index >= 15 is 0 Å². The van der Waals surface area contributed by atoms with E-state index in [1.54, 1.807) is 42.5 Å². The van der Waals surface area contributed by atoms with E-state index in [1.807, 2.05) is 24.3 Å². The minimum atomic E-state index is -1.33. The molecule has 1 fully saturated rings. The van der Waals surface area contributed by atoms with Crippen molar-refractivity contribution in [3.05, 3.63) is 77.9 Å². The van der Waals surface area contributed by atoms with Gasteiger partial charge < -0.3 is 29.7 Å². The molecule has 2 N–H and O–H groups in total. The molecule has 0 aliphatic carbocycles. The maximum atomic E-state index is 13.6. The minimum Gasteiger partial charge on any atom is -0.454 e. The van der Waals surface area contributed by atoms with Crippen LogP contribution >= 0.6 is 0 Å². The molecule has 0 spiro atoms.